The van der Waals surface area contributed by atoms with Crippen LogP contribution in [0.3, 0.4) is 0 Å². The lowest BCUT2D eigenvalue weighted by Gasteiger charge is -2.14. The molecule has 0 radical (unpaired) electrons. The lowest BCUT2D eigenvalue weighted by Crippen LogP contribution is -2.26. The van der Waals surface area contributed by atoms with Crippen LogP contribution < -0.4 is 0 Å². The second-order valence-electron chi connectivity index (χ2n) is 3.45. The van der Waals surface area contributed by atoms with Crippen LogP contribution in [0.25, 0.3) is 0 Å². The van der Waals surface area contributed by atoms with Crippen molar-refractivity contribution >= 4 is 10.0 Å². The molecule has 1 aromatic carbocycles. The van der Waals surface area contributed by atoms with Gasteiger partial charge in [0.1, 0.15) is 0 Å². The zero-order valence-electron chi connectivity index (χ0n) is 9.25. The highest BCUT2D eigenvalue weighted by molar-refractivity contribution is 7.89. The summed E-state index contributed by atoms with van der Waals surface area (Å²) in [4.78, 5) is 10.6. The Hall–Kier alpha value is -1.43. The van der Waals surface area contributed by atoms with E-state index in [1.54, 1.807) is 19.1 Å². The van der Waals surface area contributed by atoms with E-state index in [9.17, 15) is 13.3 Å². The fraction of sp³-hybridized carbons (Fsp3) is 0.400. The van der Waals surface area contributed by atoms with Gasteiger partial charge < -0.3 is 0 Å². The van der Waals surface area contributed by atoms with Gasteiger partial charge in [-0.2, -0.15) is 12.8 Å². The molecular weight excluding hydrogens is 228 g/mol. The molecule has 0 atom stereocenters. The molecule has 0 bridgehead atoms. The average molecular weight is 242 g/mol. The first kappa shape index (κ1) is 12.6. The van der Waals surface area contributed by atoms with Crippen molar-refractivity contribution in [2.75, 3.05) is 6.54 Å². The molecule has 5 nitrogen and oxygen atoms in total. The summed E-state index contributed by atoms with van der Waals surface area (Å²) >= 11 is 0. The Bertz CT molecular complexity index is 453. The topological polar surface area (TPSA) is 66.8 Å². The summed E-state index contributed by atoms with van der Waals surface area (Å²) in [5.74, 6) is 0. The highest BCUT2D eigenvalue weighted by Gasteiger charge is 2.23. The Morgan fingerprint density at radius 3 is 2.25 bits per heavy atom. The molecule has 0 N–H and O–H groups in total. The molecule has 0 aliphatic heterocycles. The Kier molecular flexibility index (Phi) is 4.00. The van der Waals surface area contributed by atoms with E-state index in [0.717, 1.165) is 5.56 Å². The summed E-state index contributed by atoms with van der Waals surface area (Å²) in [6.07, 6.45) is 0.539. The number of nitrogens with zero attached hydrogens (tertiary/aromatic N) is 2. The quantitative estimate of drug-likeness (QED) is 0.586. The predicted molar refractivity (Wildman–Crippen MR) is 61.2 cm³/mol. The lowest BCUT2D eigenvalue weighted by molar-refractivity contribution is 0.425. The van der Waals surface area contributed by atoms with Crippen LogP contribution >= 0.6 is 0 Å². The molecule has 1 aromatic rings. The number of rotatable bonds is 5. The summed E-state index contributed by atoms with van der Waals surface area (Å²) in [5.41, 5.74) is 0.958. The fourth-order valence-electron chi connectivity index (χ4n) is 1.23. The van der Waals surface area contributed by atoms with Gasteiger partial charge in [0.05, 0.1) is 16.7 Å². The van der Waals surface area contributed by atoms with Gasteiger partial charge in [0, 0.05) is 0 Å². The van der Waals surface area contributed by atoms with Crippen molar-refractivity contribution in [1.29, 1.82) is 0 Å². The minimum absolute atomic E-state index is 0.0890. The smallest absolute Gasteiger partial charge is 0.200 e. The molecule has 0 amide bonds. The predicted octanol–water partition coefficient (Wildman–Crippen LogP) is 2.08. The van der Waals surface area contributed by atoms with Gasteiger partial charge in [0.15, 0.2) is 0 Å². The van der Waals surface area contributed by atoms with Crippen LogP contribution in [-0.4, -0.2) is 19.4 Å². The van der Waals surface area contributed by atoms with Gasteiger partial charge >= 0.3 is 0 Å². The Labute approximate surface area is 95.1 Å². The Balaban J connectivity index is 3.09. The number of hydrogen-bond donors (Lipinski definition) is 0. The zero-order valence-corrected chi connectivity index (χ0v) is 10.1. The van der Waals surface area contributed by atoms with Crippen molar-refractivity contribution in [2.24, 2.45) is 5.29 Å². The summed E-state index contributed by atoms with van der Waals surface area (Å²) < 4.78 is 24.4. The number of sulfonamides is 1. The van der Waals surface area contributed by atoms with Gasteiger partial charge in [-0.15, -0.1) is 4.91 Å². The van der Waals surface area contributed by atoms with E-state index in [-0.39, 0.29) is 11.4 Å². The molecule has 16 heavy (non-hydrogen) atoms. The second kappa shape index (κ2) is 5.07. The van der Waals surface area contributed by atoms with Crippen molar-refractivity contribution in [2.45, 2.75) is 25.2 Å². The Morgan fingerprint density at radius 1 is 1.25 bits per heavy atom. The van der Waals surface area contributed by atoms with Gasteiger partial charge in [0.25, 0.3) is 10.0 Å². The molecule has 0 fully saturated rings. The SMILES string of the molecule is CCCN(N=O)S(=O)(=O)c1ccc(C)cc1. The minimum atomic E-state index is -3.78. The van der Waals surface area contributed by atoms with Gasteiger partial charge in [-0.1, -0.05) is 24.6 Å². The standard InChI is InChI=1S/C10H14N2O3S/c1-3-8-12(11-13)16(14,15)10-6-4-9(2)5-7-10/h4-7H,3,8H2,1-2H3. The fourth-order valence-corrected chi connectivity index (χ4v) is 2.46. The van der Waals surface area contributed by atoms with Crippen molar-refractivity contribution in [1.82, 2.24) is 4.41 Å². The van der Waals surface area contributed by atoms with E-state index in [1.165, 1.54) is 12.1 Å². The molecule has 1 rings (SSSR count). The summed E-state index contributed by atoms with van der Waals surface area (Å²) in [6, 6.07) is 6.31. The van der Waals surface area contributed by atoms with E-state index >= 15 is 0 Å². The first-order chi connectivity index (χ1) is 7.52. The number of hydrogen-bond acceptors (Lipinski definition) is 4. The van der Waals surface area contributed by atoms with Gasteiger partial charge in [-0.25, -0.2) is 0 Å². The zero-order chi connectivity index (χ0) is 12.2. The Morgan fingerprint density at radius 2 is 1.81 bits per heavy atom. The number of benzene rings is 1. The number of nitroso groups, excluding NO2 is 1. The third-order valence-electron chi connectivity index (χ3n) is 2.10. The number of aryl methyl sites for hydroxylation is 1. The van der Waals surface area contributed by atoms with Crippen LogP contribution in [0.2, 0.25) is 0 Å². The van der Waals surface area contributed by atoms with E-state index in [2.05, 4.69) is 5.29 Å². The molecule has 88 valence electrons. The molecule has 0 saturated carbocycles. The van der Waals surface area contributed by atoms with Crippen LogP contribution in [-0.2, 0) is 10.0 Å². The monoisotopic (exact) mass is 242 g/mol. The van der Waals surface area contributed by atoms with E-state index in [1.807, 2.05) is 6.92 Å². The van der Waals surface area contributed by atoms with E-state index in [0.29, 0.717) is 10.8 Å². The van der Waals surface area contributed by atoms with Crippen molar-refractivity contribution in [3.05, 3.63) is 34.7 Å². The van der Waals surface area contributed by atoms with Crippen LogP contribution in [0.4, 0.5) is 0 Å². The van der Waals surface area contributed by atoms with Crippen molar-refractivity contribution < 1.29 is 8.42 Å². The molecule has 0 saturated heterocycles. The molecule has 0 aromatic heterocycles. The van der Waals surface area contributed by atoms with Crippen molar-refractivity contribution in [3.8, 4) is 0 Å². The maximum absolute atomic E-state index is 11.9. The van der Waals surface area contributed by atoms with E-state index in [4.69, 9.17) is 0 Å². The molecule has 0 heterocycles. The third-order valence-corrected chi connectivity index (χ3v) is 3.77. The van der Waals surface area contributed by atoms with Crippen molar-refractivity contribution in [3.63, 3.8) is 0 Å². The highest BCUT2D eigenvalue weighted by atomic mass is 32.2. The molecule has 0 spiro atoms. The second-order valence-corrected chi connectivity index (χ2v) is 5.29. The van der Waals surface area contributed by atoms with E-state index < -0.39 is 10.0 Å². The molecule has 6 heteroatoms. The maximum atomic E-state index is 11.9. The summed E-state index contributed by atoms with van der Waals surface area (Å²) in [5, 5.41) is 2.54. The molecular formula is C10H14N2O3S. The van der Waals surface area contributed by atoms with Gasteiger partial charge in [-0.05, 0) is 25.5 Å². The first-order valence-electron chi connectivity index (χ1n) is 4.95. The molecule has 0 aliphatic rings. The molecule has 0 unspecified atom stereocenters. The summed E-state index contributed by atoms with van der Waals surface area (Å²) in [6.45, 7) is 3.74. The van der Waals surface area contributed by atoms with Crippen LogP contribution in [0.15, 0.2) is 34.4 Å². The van der Waals surface area contributed by atoms with Gasteiger partial charge in [-0.3, -0.25) is 0 Å². The van der Waals surface area contributed by atoms with Gasteiger partial charge in [0.2, 0.25) is 0 Å². The van der Waals surface area contributed by atoms with Crippen LogP contribution in [0, 0.1) is 11.8 Å². The maximum Gasteiger partial charge on any atom is 0.281 e. The van der Waals surface area contributed by atoms with Crippen LogP contribution in [0.5, 0.6) is 0 Å². The van der Waals surface area contributed by atoms with Crippen LogP contribution in [0.1, 0.15) is 18.9 Å². The average Bonchev–Trinajstić information content (AvgIpc) is 2.26. The lowest BCUT2D eigenvalue weighted by atomic mass is 10.2. The normalized spacial score (nSPS) is 11.1. The highest BCUT2D eigenvalue weighted by Crippen LogP contribution is 2.16. The largest absolute Gasteiger partial charge is 0.281 e. The first-order valence-corrected chi connectivity index (χ1v) is 6.39. The third kappa shape index (κ3) is 2.57. The minimum Gasteiger partial charge on any atom is -0.200 e. The molecule has 0 aliphatic carbocycles. The summed E-state index contributed by atoms with van der Waals surface area (Å²) in [7, 11) is -3.78.